The summed E-state index contributed by atoms with van der Waals surface area (Å²) in [5.74, 6) is 0. The van der Waals surface area contributed by atoms with Crippen molar-refractivity contribution in [1.82, 2.24) is 15.3 Å². The Morgan fingerprint density at radius 2 is 1.49 bits per heavy atom. The lowest BCUT2D eigenvalue weighted by atomic mass is 9.98. The molecule has 4 aromatic rings. The number of benzene rings is 2. The Labute approximate surface area is 194 Å². The number of amides is 2. The fourth-order valence-electron chi connectivity index (χ4n) is 3.56. The highest BCUT2D eigenvalue weighted by Crippen LogP contribution is 2.36. The van der Waals surface area contributed by atoms with E-state index in [1.54, 1.807) is 24.3 Å². The fourth-order valence-corrected chi connectivity index (χ4v) is 3.56. The van der Waals surface area contributed by atoms with Gasteiger partial charge < -0.3 is 10.6 Å². The van der Waals surface area contributed by atoms with Crippen molar-refractivity contribution in [2.45, 2.75) is 18.4 Å². The van der Waals surface area contributed by atoms with Crippen LogP contribution in [0.3, 0.4) is 0 Å². The third-order valence-electron chi connectivity index (χ3n) is 5.16. The summed E-state index contributed by atoms with van der Waals surface area (Å²) in [7, 11) is 0. The number of nitrogens with one attached hydrogen (secondary N) is 2. The first-order valence-corrected chi connectivity index (χ1v) is 10.1. The van der Waals surface area contributed by atoms with Crippen LogP contribution in [0, 0.1) is 0 Å². The molecule has 0 fully saturated rings. The van der Waals surface area contributed by atoms with E-state index in [2.05, 4.69) is 20.6 Å². The normalized spacial score (nSPS) is 12.9. The van der Waals surface area contributed by atoms with Crippen LogP contribution < -0.4 is 10.6 Å². The molecule has 1 atom stereocenters. The highest BCUT2D eigenvalue weighted by atomic mass is 19.4. The third kappa shape index (κ3) is 5.34. The number of hydrogen-bond donors (Lipinski definition) is 2. The first kappa shape index (κ1) is 24.0. The number of carbonyl (C=O) groups excluding carboxylic acids is 1. The molecule has 2 amide bonds. The predicted octanol–water partition coefficient (Wildman–Crippen LogP) is 6.58. The number of carbonyl (C=O) groups is 1. The summed E-state index contributed by atoms with van der Waals surface area (Å²) in [6.45, 7) is 0. The summed E-state index contributed by atoms with van der Waals surface area (Å²) in [6, 6.07) is 11.4. The molecular weight excluding hydrogens is 474 g/mol. The van der Waals surface area contributed by atoms with Crippen molar-refractivity contribution in [2.24, 2.45) is 0 Å². The first-order chi connectivity index (χ1) is 16.5. The Balaban J connectivity index is 1.72. The van der Waals surface area contributed by atoms with Gasteiger partial charge in [-0.15, -0.1) is 0 Å². The number of hydrogen-bond acceptors (Lipinski definition) is 3. The van der Waals surface area contributed by atoms with Crippen LogP contribution in [0.2, 0.25) is 0 Å². The Bertz CT molecular complexity index is 1350. The van der Waals surface area contributed by atoms with Crippen LogP contribution in [0.1, 0.15) is 28.4 Å². The summed E-state index contributed by atoms with van der Waals surface area (Å²) in [4.78, 5) is 20.9. The molecule has 0 radical (unpaired) electrons. The van der Waals surface area contributed by atoms with E-state index >= 15 is 0 Å². The van der Waals surface area contributed by atoms with Crippen LogP contribution in [0.15, 0.2) is 79.1 Å². The number of nitrogens with zero attached hydrogens (tertiary/aromatic N) is 2. The summed E-state index contributed by atoms with van der Waals surface area (Å²) < 4.78 is 80.0. The fraction of sp³-hybridized carbons (Fsp3) is 0.125. The molecule has 11 heteroatoms. The van der Waals surface area contributed by atoms with E-state index in [0.717, 1.165) is 42.6 Å². The zero-order valence-corrected chi connectivity index (χ0v) is 17.7. The molecule has 0 bridgehead atoms. The molecular formula is C24H16F6N4O. The van der Waals surface area contributed by atoms with Crippen LogP contribution in [0.4, 0.5) is 36.8 Å². The largest absolute Gasteiger partial charge is 0.418 e. The minimum Gasteiger partial charge on any atom is -0.325 e. The average Bonchev–Trinajstić information content (AvgIpc) is 2.82. The van der Waals surface area contributed by atoms with Gasteiger partial charge in [0, 0.05) is 17.8 Å². The Hall–Kier alpha value is -4.15. The monoisotopic (exact) mass is 490 g/mol. The summed E-state index contributed by atoms with van der Waals surface area (Å²) in [6.07, 6.45) is -6.89. The standard InChI is InChI=1S/C24H16F6N4O/c25-23(26,27)15-9-7-14(8-10-15)20(21-17(24(28,29)30)5-3-12-32-21)34-22(35)33-19-11-13-31-18-6-2-1-4-16(18)19/h1-13,20H,(H2,31,33,34,35)/t20-/m0/s1. The molecule has 0 spiro atoms. The van der Waals surface area contributed by atoms with E-state index in [4.69, 9.17) is 0 Å². The molecule has 2 N–H and O–H groups in total. The molecule has 2 aromatic heterocycles. The van der Waals surface area contributed by atoms with Crippen molar-refractivity contribution < 1.29 is 31.1 Å². The number of rotatable bonds is 4. The molecule has 5 nitrogen and oxygen atoms in total. The highest BCUT2D eigenvalue weighted by Gasteiger charge is 2.37. The van der Waals surface area contributed by atoms with Crippen molar-refractivity contribution >= 4 is 22.6 Å². The van der Waals surface area contributed by atoms with Gasteiger partial charge in [-0.05, 0) is 42.0 Å². The molecule has 0 aliphatic rings. The van der Waals surface area contributed by atoms with Crippen molar-refractivity contribution in [1.29, 1.82) is 0 Å². The van der Waals surface area contributed by atoms with E-state index in [0.29, 0.717) is 16.6 Å². The minimum atomic E-state index is -4.81. The summed E-state index contributed by atoms with van der Waals surface area (Å²) in [5, 5.41) is 5.58. The number of halogens is 6. The molecule has 4 rings (SSSR count). The van der Waals surface area contributed by atoms with E-state index < -0.39 is 41.2 Å². The maximum atomic E-state index is 13.7. The first-order valence-electron chi connectivity index (χ1n) is 10.1. The van der Waals surface area contributed by atoms with Gasteiger partial charge in [0.05, 0.1) is 34.1 Å². The Morgan fingerprint density at radius 3 is 2.17 bits per heavy atom. The predicted molar refractivity (Wildman–Crippen MR) is 116 cm³/mol. The molecule has 0 unspecified atom stereocenters. The third-order valence-corrected chi connectivity index (χ3v) is 5.16. The van der Waals surface area contributed by atoms with Gasteiger partial charge in [0.25, 0.3) is 0 Å². The number of anilines is 1. The van der Waals surface area contributed by atoms with Gasteiger partial charge in [0.2, 0.25) is 0 Å². The minimum absolute atomic E-state index is 0.0167. The maximum Gasteiger partial charge on any atom is 0.418 e. The van der Waals surface area contributed by atoms with E-state index in [1.165, 1.54) is 12.3 Å². The molecule has 35 heavy (non-hydrogen) atoms. The second-order valence-corrected chi connectivity index (χ2v) is 7.46. The number of urea groups is 1. The summed E-state index contributed by atoms with van der Waals surface area (Å²) in [5.41, 5.74) is -1.76. The lowest BCUT2D eigenvalue weighted by Gasteiger charge is -2.23. The summed E-state index contributed by atoms with van der Waals surface area (Å²) >= 11 is 0. The number of fused-ring (bicyclic) bond motifs is 1. The van der Waals surface area contributed by atoms with Gasteiger partial charge in [-0.3, -0.25) is 9.97 Å². The van der Waals surface area contributed by atoms with Crippen LogP contribution >= 0.6 is 0 Å². The van der Waals surface area contributed by atoms with Crippen LogP contribution in [0.5, 0.6) is 0 Å². The number of alkyl halides is 6. The SMILES string of the molecule is O=C(Nc1ccnc2ccccc12)N[C@@H](c1ccc(C(F)(F)F)cc1)c1ncccc1C(F)(F)F. The van der Waals surface area contributed by atoms with Gasteiger partial charge in [-0.2, -0.15) is 26.3 Å². The van der Waals surface area contributed by atoms with Crippen LogP contribution in [0.25, 0.3) is 10.9 Å². The number of aromatic nitrogens is 2. The second kappa shape index (κ2) is 9.24. The van der Waals surface area contributed by atoms with Gasteiger partial charge in [-0.1, -0.05) is 30.3 Å². The molecule has 0 saturated heterocycles. The molecule has 180 valence electrons. The molecule has 2 aromatic carbocycles. The van der Waals surface area contributed by atoms with Gasteiger partial charge in [0.15, 0.2) is 0 Å². The number of pyridine rings is 2. The van der Waals surface area contributed by atoms with Gasteiger partial charge >= 0.3 is 18.4 Å². The van der Waals surface area contributed by atoms with E-state index in [-0.39, 0.29) is 5.56 Å². The van der Waals surface area contributed by atoms with Crippen molar-refractivity contribution in [2.75, 3.05) is 5.32 Å². The zero-order chi connectivity index (χ0) is 25.2. The van der Waals surface area contributed by atoms with Crippen LogP contribution in [-0.2, 0) is 12.4 Å². The van der Waals surface area contributed by atoms with Gasteiger partial charge in [0.1, 0.15) is 0 Å². The maximum absolute atomic E-state index is 13.7. The molecule has 0 aliphatic heterocycles. The highest BCUT2D eigenvalue weighted by molar-refractivity contribution is 6.00. The van der Waals surface area contributed by atoms with E-state index in [9.17, 15) is 31.1 Å². The second-order valence-electron chi connectivity index (χ2n) is 7.46. The topological polar surface area (TPSA) is 66.9 Å². The van der Waals surface area contributed by atoms with Crippen molar-refractivity contribution in [3.63, 3.8) is 0 Å². The zero-order valence-electron chi connectivity index (χ0n) is 17.7. The van der Waals surface area contributed by atoms with E-state index in [1.807, 2.05) is 0 Å². The van der Waals surface area contributed by atoms with Crippen molar-refractivity contribution in [3.05, 3.63) is 102 Å². The average molecular weight is 490 g/mol. The lowest BCUT2D eigenvalue weighted by Crippen LogP contribution is -2.35. The molecule has 0 saturated carbocycles. The Kier molecular flexibility index (Phi) is 6.33. The number of para-hydroxylation sites is 1. The molecule has 2 heterocycles. The molecule has 0 aliphatic carbocycles. The van der Waals surface area contributed by atoms with Crippen molar-refractivity contribution in [3.8, 4) is 0 Å². The lowest BCUT2D eigenvalue weighted by molar-refractivity contribution is -0.139. The smallest absolute Gasteiger partial charge is 0.325 e. The van der Waals surface area contributed by atoms with Crippen LogP contribution in [-0.4, -0.2) is 16.0 Å². The van der Waals surface area contributed by atoms with Gasteiger partial charge in [-0.25, -0.2) is 4.79 Å². The quantitative estimate of drug-likeness (QED) is 0.318. The Morgan fingerprint density at radius 1 is 0.771 bits per heavy atom.